The van der Waals surface area contributed by atoms with Crippen LogP contribution in [0, 0.1) is 0 Å². The molecule has 25 heavy (non-hydrogen) atoms. The highest BCUT2D eigenvalue weighted by Gasteiger charge is 2.39. The van der Waals surface area contributed by atoms with Crippen LogP contribution in [0.4, 0.5) is 13.2 Å². The maximum absolute atomic E-state index is 12.8. The second-order valence-electron chi connectivity index (χ2n) is 5.57. The van der Waals surface area contributed by atoms with Crippen LogP contribution in [0.25, 0.3) is 22.5 Å². The summed E-state index contributed by atoms with van der Waals surface area (Å²) in [4.78, 5) is 3.00. The van der Waals surface area contributed by atoms with Gasteiger partial charge in [-0.15, -0.1) is 10.2 Å². The summed E-state index contributed by atoms with van der Waals surface area (Å²) in [6, 6.07) is 3.40. The standard InChI is InChI=1S/C14H10Cl2F3N5O/c15-7-2-1-6-8(5-3-20-21-4-5)11(22-10(6)9(7)16)12-23-24-13(25-12)14(17,18)19/h1-2,5,20-22H,3-4H2. The minimum atomic E-state index is -4.71. The number of H-pyrrole nitrogens is 1. The summed E-state index contributed by atoms with van der Waals surface area (Å²) in [7, 11) is 0. The topological polar surface area (TPSA) is 78.8 Å². The molecule has 1 aromatic carbocycles. The SMILES string of the molecule is FC(F)(F)c1nnc(-c2[nH]c3c(Cl)c(Cl)ccc3c2C2CNNC2)o1. The number of aromatic nitrogens is 3. The molecule has 0 spiro atoms. The highest BCUT2D eigenvalue weighted by atomic mass is 35.5. The third-order valence-electron chi connectivity index (χ3n) is 4.02. The Labute approximate surface area is 148 Å². The second kappa shape index (κ2) is 5.87. The molecule has 3 heterocycles. The molecule has 3 aromatic rings. The van der Waals surface area contributed by atoms with Gasteiger partial charge < -0.3 is 9.40 Å². The van der Waals surface area contributed by atoms with Gasteiger partial charge in [0.25, 0.3) is 5.89 Å². The summed E-state index contributed by atoms with van der Waals surface area (Å²) in [5, 5.41) is 7.99. The van der Waals surface area contributed by atoms with Gasteiger partial charge in [-0.25, -0.2) is 0 Å². The molecule has 0 radical (unpaired) electrons. The minimum absolute atomic E-state index is 0.0257. The molecule has 0 amide bonds. The van der Waals surface area contributed by atoms with Gasteiger partial charge in [-0.2, -0.15) is 13.2 Å². The average molecular weight is 392 g/mol. The number of hydrazine groups is 1. The number of halogens is 5. The van der Waals surface area contributed by atoms with E-state index in [-0.39, 0.29) is 16.8 Å². The molecule has 2 aromatic heterocycles. The van der Waals surface area contributed by atoms with Crippen LogP contribution in [0.2, 0.25) is 10.0 Å². The molecule has 1 aliphatic heterocycles. The second-order valence-corrected chi connectivity index (χ2v) is 6.35. The van der Waals surface area contributed by atoms with E-state index in [0.717, 1.165) is 10.9 Å². The zero-order valence-corrected chi connectivity index (χ0v) is 13.9. The summed E-state index contributed by atoms with van der Waals surface area (Å²) in [5.74, 6) is -1.68. The van der Waals surface area contributed by atoms with Crippen molar-refractivity contribution in [3.63, 3.8) is 0 Å². The normalized spacial score (nSPS) is 16.2. The summed E-state index contributed by atoms with van der Waals surface area (Å²) in [6.45, 7) is 1.17. The molecule has 3 N–H and O–H groups in total. The van der Waals surface area contributed by atoms with Gasteiger partial charge in [0.15, 0.2) is 0 Å². The van der Waals surface area contributed by atoms with Gasteiger partial charge in [-0.3, -0.25) is 10.9 Å². The summed E-state index contributed by atoms with van der Waals surface area (Å²) in [5.41, 5.74) is 7.53. The first-order valence-electron chi connectivity index (χ1n) is 7.22. The lowest BCUT2D eigenvalue weighted by Gasteiger charge is -2.08. The predicted octanol–water partition coefficient (Wildman–Crippen LogP) is 3.73. The van der Waals surface area contributed by atoms with E-state index in [2.05, 4.69) is 26.0 Å². The van der Waals surface area contributed by atoms with Crippen molar-refractivity contribution in [2.75, 3.05) is 13.1 Å². The van der Waals surface area contributed by atoms with Crippen molar-refractivity contribution >= 4 is 34.1 Å². The number of nitrogens with one attached hydrogen (secondary N) is 3. The van der Waals surface area contributed by atoms with E-state index in [4.69, 9.17) is 27.6 Å². The minimum Gasteiger partial charge on any atom is -0.411 e. The third kappa shape index (κ3) is 2.77. The molecule has 0 bridgehead atoms. The highest BCUT2D eigenvalue weighted by molar-refractivity contribution is 6.45. The van der Waals surface area contributed by atoms with Crippen LogP contribution in [-0.4, -0.2) is 28.3 Å². The number of fused-ring (bicyclic) bond motifs is 1. The molecule has 0 unspecified atom stereocenters. The molecule has 6 nitrogen and oxygen atoms in total. The van der Waals surface area contributed by atoms with Crippen molar-refractivity contribution in [1.82, 2.24) is 26.0 Å². The molecule has 0 aliphatic carbocycles. The van der Waals surface area contributed by atoms with Crippen LogP contribution in [0.3, 0.4) is 0 Å². The number of nitrogens with zero attached hydrogens (tertiary/aromatic N) is 2. The number of hydrogen-bond donors (Lipinski definition) is 3. The monoisotopic (exact) mass is 391 g/mol. The smallest absolute Gasteiger partial charge is 0.411 e. The lowest BCUT2D eigenvalue weighted by molar-refractivity contribution is -0.156. The van der Waals surface area contributed by atoms with Gasteiger partial charge in [-0.05, 0) is 11.6 Å². The van der Waals surface area contributed by atoms with Crippen molar-refractivity contribution < 1.29 is 17.6 Å². The lowest BCUT2D eigenvalue weighted by atomic mass is 9.96. The van der Waals surface area contributed by atoms with Gasteiger partial charge in [0, 0.05) is 24.4 Å². The molecule has 0 saturated carbocycles. The van der Waals surface area contributed by atoms with Crippen molar-refractivity contribution in [2.45, 2.75) is 12.1 Å². The van der Waals surface area contributed by atoms with Crippen LogP contribution < -0.4 is 10.9 Å². The Balaban J connectivity index is 1.94. The average Bonchev–Trinajstić information content (AvgIpc) is 3.27. The number of aromatic amines is 1. The molecular formula is C14H10Cl2F3N5O. The van der Waals surface area contributed by atoms with Crippen molar-refractivity contribution in [2.24, 2.45) is 0 Å². The Morgan fingerprint density at radius 1 is 1.12 bits per heavy atom. The summed E-state index contributed by atoms with van der Waals surface area (Å²) < 4.78 is 43.2. The van der Waals surface area contributed by atoms with Crippen molar-refractivity contribution in [3.8, 4) is 11.6 Å². The summed E-state index contributed by atoms with van der Waals surface area (Å²) >= 11 is 12.3. The van der Waals surface area contributed by atoms with Gasteiger partial charge in [0.1, 0.15) is 5.69 Å². The molecule has 132 valence electrons. The number of alkyl halides is 3. The van der Waals surface area contributed by atoms with Gasteiger partial charge >= 0.3 is 12.1 Å². The maximum Gasteiger partial charge on any atom is 0.470 e. The molecular weight excluding hydrogens is 382 g/mol. The number of hydrogen-bond acceptors (Lipinski definition) is 5. The van der Waals surface area contributed by atoms with E-state index in [9.17, 15) is 13.2 Å². The van der Waals surface area contributed by atoms with E-state index in [1.165, 1.54) is 0 Å². The zero-order chi connectivity index (χ0) is 17.8. The molecule has 11 heteroatoms. The Morgan fingerprint density at radius 3 is 2.48 bits per heavy atom. The first-order valence-corrected chi connectivity index (χ1v) is 7.98. The van der Waals surface area contributed by atoms with Crippen LogP contribution in [0.1, 0.15) is 17.4 Å². The van der Waals surface area contributed by atoms with Crippen molar-refractivity contribution in [1.29, 1.82) is 0 Å². The fraction of sp³-hybridized carbons (Fsp3) is 0.286. The van der Waals surface area contributed by atoms with Gasteiger partial charge in [0.05, 0.1) is 15.6 Å². The van der Waals surface area contributed by atoms with E-state index >= 15 is 0 Å². The third-order valence-corrected chi connectivity index (χ3v) is 4.82. The van der Waals surface area contributed by atoms with E-state index in [1.54, 1.807) is 12.1 Å². The first-order chi connectivity index (χ1) is 11.9. The Hall–Kier alpha value is -1.81. The highest BCUT2D eigenvalue weighted by Crippen LogP contribution is 2.41. The quantitative estimate of drug-likeness (QED) is 0.620. The molecule has 1 saturated heterocycles. The number of benzene rings is 1. The lowest BCUT2D eigenvalue weighted by Crippen LogP contribution is -2.21. The van der Waals surface area contributed by atoms with E-state index < -0.39 is 12.1 Å². The Kier molecular flexibility index (Phi) is 3.91. The molecule has 1 aliphatic rings. The largest absolute Gasteiger partial charge is 0.470 e. The molecule has 1 fully saturated rings. The fourth-order valence-corrected chi connectivity index (χ4v) is 3.29. The van der Waals surface area contributed by atoms with Crippen LogP contribution in [0.5, 0.6) is 0 Å². The van der Waals surface area contributed by atoms with Crippen LogP contribution in [-0.2, 0) is 6.18 Å². The number of rotatable bonds is 2. The molecule has 0 atom stereocenters. The predicted molar refractivity (Wildman–Crippen MR) is 85.4 cm³/mol. The molecule has 4 rings (SSSR count). The van der Waals surface area contributed by atoms with Crippen LogP contribution >= 0.6 is 23.2 Å². The Morgan fingerprint density at radius 2 is 1.84 bits per heavy atom. The Bertz CT molecular complexity index is 946. The fourth-order valence-electron chi connectivity index (χ4n) is 2.92. The first kappa shape index (κ1) is 16.6. The maximum atomic E-state index is 12.8. The van der Waals surface area contributed by atoms with E-state index in [0.29, 0.717) is 29.3 Å². The van der Waals surface area contributed by atoms with E-state index in [1.807, 2.05) is 0 Å². The zero-order valence-electron chi connectivity index (χ0n) is 12.3. The van der Waals surface area contributed by atoms with Gasteiger partial charge in [-0.1, -0.05) is 29.3 Å². The van der Waals surface area contributed by atoms with Gasteiger partial charge in [0.2, 0.25) is 0 Å². The summed E-state index contributed by atoms with van der Waals surface area (Å²) in [6.07, 6.45) is -4.71. The van der Waals surface area contributed by atoms with Crippen LogP contribution in [0.15, 0.2) is 16.5 Å². The van der Waals surface area contributed by atoms with Crippen molar-refractivity contribution in [3.05, 3.63) is 33.6 Å².